The Labute approximate surface area is 130 Å². The van der Waals surface area contributed by atoms with Gasteiger partial charge in [0.2, 0.25) is 0 Å². The fourth-order valence-electron chi connectivity index (χ4n) is 2.03. The Morgan fingerprint density at radius 1 is 1.18 bits per heavy atom. The molecule has 0 aromatic heterocycles. The third-order valence-corrected chi connectivity index (χ3v) is 3.28. The number of aryl methyl sites for hydroxylation is 1. The molecule has 112 valence electrons. The highest BCUT2D eigenvalue weighted by molar-refractivity contribution is 5.77. The Morgan fingerprint density at radius 3 is 2.59 bits per heavy atom. The molecule has 0 unspecified atom stereocenters. The molecule has 0 heterocycles. The lowest BCUT2D eigenvalue weighted by molar-refractivity contribution is -0.123. The maximum Gasteiger partial charge on any atom is 0.258 e. The number of para-hydroxylation sites is 1. The van der Waals surface area contributed by atoms with Crippen LogP contribution in [0.3, 0.4) is 0 Å². The molecule has 0 aliphatic heterocycles. The summed E-state index contributed by atoms with van der Waals surface area (Å²) in [4.78, 5) is 11.8. The van der Waals surface area contributed by atoms with Crippen molar-refractivity contribution in [3.05, 3.63) is 65.2 Å². The molecule has 0 saturated heterocycles. The summed E-state index contributed by atoms with van der Waals surface area (Å²) in [6.07, 6.45) is 0.864. The fourth-order valence-corrected chi connectivity index (χ4v) is 2.03. The molecule has 0 atom stereocenters. The van der Waals surface area contributed by atoms with E-state index in [2.05, 4.69) is 11.4 Å². The lowest BCUT2D eigenvalue weighted by atomic mass is 10.1. The summed E-state index contributed by atoms with van der Waals surface area (Å²) in [5.41, 5.74) is 2.64. The summed E-state index contributed by atoms with van der Waals surface area (Å²) < 4.78 is 5.56. The summed E-state index contributed by atoms with van der Waals surface area (Å²) >= 11 is 0. The fraction of sp³-hybridized carbons (Fsp3) is 0.222. The van der Waals surface area contributed by atoms with Gasteiger partial charge in [-0.2, -0.15) is 5.26 Å². The third kappa shape index (κ3) is 4.35. The van der Waals surface area contributed by atoms with Crippen LogP contribution in [0.4, 0.5) is 0 Å². The van der Waals surface area contributed by atoms with Crippen molar-refractivity contribution in [3.8, 4) is 11.8 Å². The van der Waals surface area contributed by atoms with E-state index >= 15 is 0 Å². The Hall–Kier alpha value is -2.80. The molecule has 2 rings (SSSR count). The molecule has 1 N–H and O–H groups in total. The van der Waals surface area contributed by atoms with Crippen molar-refractivity contribution in [1.29, 1.82) is 5.26 Å². The zero-order valence-electron chi connectivity index (χ0n) is 12.5. The molecule has 22 heavy (non-hydrogen) atoms. The number of ether oxygens (including phenoxy) is 1. The molecule has 0 bridgehead atoms. The Morgan fingerprint density at radius 2 is 1.91 bits per heavy atom. The minimum atomic E-state index is -0.171. The van der Waals surface area contributed by atoms with Gasteiger partial charge in [-0.25, -0.2) is 0 Å². The van der Waals surface area contributed by atoms with E-state index < -0.39 is 0 Å². The topological polar surface area (TPSA) is 62.1 Å². The predicted molar refractivity (Wildman–Crippen MR) is 84.3 cm³/mol. The highest BCUT2D eigenvalue weighted by atomic mass is 16.5. The van der Waals surface area contributed by atoms with Crippen LogP contribution in [0.5, 0.6) is 5.75 Å². The third-order valence-electron chi connectivity index (χ3n) is 3.28. The summed E-state index contributed by atoms with van der Waals surface area (Å²) in [5.74, 6) is 0.578. The van der Waals surface area contributed by atoms with Crippen LogP contribution < -0.4 is 10.1 Å². The zero-order chi connectivity index (χ0) is 15.8. The van der Waals surface area contributed by atoms with Crippen LogP contribution in [0.1, 0.15) is 23.6 Å². The smallest absolute Gasteiger partial charge is 0.258 e. The van der Waals surface area contributed by atoms with Crippen molar-refractivity contribution < 1.29 is 9.53 Å². The number of nitriles is 1. The number of hydrogen-bond donors (Lipinski definition) is 1. The van der Waals surface area contributed by atoms with Crippen LogP contribution >= 0.6 is 0 Å². The quantitative estimate of drug-likeness (QED) is 0.891. The van der Waals surface area contributed by atoms with E-state index in [-0.39, 0.29) is 12.5 Å². The molecule has 2 aromatic carbocycles. The summed E-state index contributed by atoms with van der Waals surface area (Å²) in [5, 5.41) is 11.5. The second-order valence-electron chi connectivity index (χ2n) is 4.84. The van der Waals surface area contributed by atoms with Gasteiger partial charge in [0, 0.05) is 6.54 Å². The van der Waals surface area contributed by atoms with Gasteiger partial charge in [-0.1, -0.05) is 37.3 Å². The average Bonchev–Trinajstić information content (AvgIpc) is 2.58. The molecule has 0 spiro atoms. The molecule has 1 amide bonds. The summed E-state index contributed by atoms with van der Waals surface area (Å²) in [6.45, 7) is 2.46. The van der Waals surface area contributed by atoms with Gasteiger partial charge < -0.3 is 10.1 Å². The first-order valence-corrected chi connectivity index (χ1v) is 7.19. The Balaban J connectivity index is 1.81. The highest BCUT2D eigenvalue weighted by Gasteiger charge is 2.05. The van der Waals surface area contributed by atoms with Gasteiger partial charge in [0.05, 0.1) is 11.6 Å². The van der Waals surface area contributed by atoms with Gasteiger partial charge in [0.25, 0.3) is 5.91 Å². The van der Waals surface area contributed by atoms with Crippen LogP contribution in [-0.2, 0) is 17.8 Å². The molecule has 0 saturated carbocycles. The van der Waals surface area contributed by atoms with Crippen LogP contribution in [-0.4, -0.2) is 12.5 Å². The molecule has 2 aromatic rings. The van der Waals surface area contributed by atoms with E-state index in [0.717, 1.165) is 23.3 Å². The normalized spacial score (nSPS) is 9.82. The number of amides is 1. The number of hydrogen-bond acceptors (Lipinski definition) is 3. The monoisotopic (exact) mass is 294 g/mol. The maximum absolute atomic E-state index is 11.8. The van der Waals surface area contributed by atoms with Crippen molar-refractivity contribution in [3.63, 3.8) is 0 Å². The maximum atomic E-state index is 11.8. The number of rotatable bonds is 6. The van der Waals surface area contributed by atoms with Crippen molar-refractivity contribution in [2.75, 3.05) is 6.61 Å². The van der Waals surface area contributed by atoms with E-state index in [1.165, 1.54) is 0 Å². The number of carbonyl (C=O) groups excluding carboxylic acids is 1. The first kappa shape index (κ1) is 15.6. The Bertz CT molecular complexity index is 672. The van der Waals surface area contributed by atoms with Crippen LogP contribution in [0.25, 0.3) is 0 Å². The second kappa shape index (κ2) is 7.84. The van der Waals surface area contributed by atoms with Crippen LogP contribution in [0.15, 0.2) is 48.5 Å². The lowest BCUT2D eigenvalue weighted by Crippen LogP contribution is -2.28. The molecule has 0 radical (unpaired) electrons. The Kier molecular flexibility index (Phi) is 5.56. The van der Waals surface area contributed by atoms with Gasteiger partial charge in [-0.15, -0.1) is 0 Å². The van der Waals surface area contributed by atoms with Gasteiger partial charge >= 0.3 is 0 Å². The second-order valence-corrected chi connectivity index (χ2v) is 4.84. The van der Waals surface area contributed by atoms with Crippen molar-refractivity contribution in [1.82, 2.24) is 5.32 Å². The number of benzene rings is 2. The van der Waals surface area contributed by atoms with E-state index in [9.17, 15) is 4.79 Å². The van der Waals surface area contributed by atoms with Crippen LogP contribution in [0, 0.1) is 11.3 Å². The molecular weight excluding hydrogens is 276 g/mol. The van der Waals surface area contributed by atoms with Gasteiger partial charge in [-0.3, -0.25) is 4.79 Å². The van der Waals surface area contributed by atoms with Crippen LogP contribution in [0.2, 0.25) is 0 Å². The standard InChI is InChI=1S/C18H18N2O2/c1-2-16-5-3-4-6-17(16)22-13-18(21)20-12-15-9-7-14(11-19)8-10-15/h3-10H,2,12-13H2,1H3,(H,20,21). The molecule has 4 heteroatoms. The number of nitrogens with one attached hydrogen (secondary N) is 1. The minimum Gasteiger partial charge on any atom is -0.483 e. The predicted octanol–water partition coefficient (Wildman–Crippen LogP) is 2.82. The minimum absolute atomic E-state index is 0.00665. The van der Waals surface area contributed by atoms with E-state index in [1.54, 1.807) is 12.1 Å². The molecule has 4 nitrogen and oxygen atoms in total. The SMILES string of the molecule is CCc1ccccc1OCC(=O)NCc1ccc(C#N)cc1. The van der Waals surface area contributed by atoms with Crippen molar-refractivity contribution >= 4 is 5.91 Å². The number of nitrogens with zero attached hydrogens (tertiary/aromatic N) is 1. The average molecular weight is 294 g/mol. The largest absolute Gasteiger partial charge is 0.483 e. The van der Waals surface area contributed by atoms with Crippen molar-refractivity contribution in [2.24, 2.45) is 0 Å². The first-order valence-electron chi connectivity index (χ1n) is 7.19. The molecule has 0 aliphatic rings. The molecular formula is C18H18N2O2. The van der Waals surface area contributed by atoms with Gasteiger partial charge in [-0.05, 0) is 35.7 Å². The van der Waals surface area contributed by atoms with E-state index in [0.29, 0.717) is 12.1 Å². The van der Waals surface area contributed by atoms with Gasteiger partial charge in [0.1, 0.15) is 5.75 Å². The summed E-state index contributed by atoms with van der Waals surface area (Å²) in [6, 6.07) is 16.9. The van der Waals surface area contributed by atoms with E-state index in [4.69, 9.17) is 10.00 Å². The molecule has 0 fully saturated rings. The van der Waals surface area contributed by atoms with Gasteiger partial charge in [0.15, 0.2) is 6.61 Å². The van der Waals surface area contributed by atoms with Crippen molar-refractivity contribution in [2.45, 2.75) is 19.9 Å². The number of carbonyl (C=O) groups is 1. The zero-order valence-corrected chi connectivity index (χ0v) is 12.5. The molecule has 0 aliphatic carbocycles. The highest BCUT2D eigenvalue weighted by Crippen LogP contribution is 2.17. The summed E-state index contributed by atoms with van der Waals surface area (Å²) in [7, 11) is 0. The lowest BCUT2D eigenvalue weighted by Gasteiger charge is -2.10. The first-order chi connectivity index (χ1) is 10.7. The van der Waals surface area contributed by atoms with E-state index in [1.807, 2.05) is 43.3 Å².